The van der Waals surface area contributed by atoms with Gasteiger partial charge < -0.3 is 9.47 Å². The van der Waals surface area contributed by atoms with Gasteiger partial charge >= 0.3 is 0 Å². The minimum atomic E-state index is 0.754. The average Bonchev–Trinajstić information content (AvgIpc) is 2.26. The fourth-order valence-corrected chi connectivity index (χ4v) is 1.45. The lowest BCUT2D eigenvalue weighted by Gasteiger charge is -2.04. The van der Waals surface area contributed by atoms with Crippen LogP contribution in [-0.4, -0.2) is 26.4 Å². The summed E-state index contributed by atoms with van der Waals surface area (Å²) in [5.74, 6) is 0. The molecule has 0 aliphatic carbocycles. The van der Waals surface area contributed by atoms with Crippen LogP contribution in [0.5, 0.6) is 0 Å². The van der Waals surface area contributed by atoms with Crippen LogP contribution in [0.25, 0.3) is 0 Å². The summed E-state index contributed by atoms with van der Waals surface area (Å²) in [7, 11) is 0. The molecule has 92 valence electrons. The highest BCUT2D eigenvalue weighted by atomic mass is 16.5. The smallest absolute Gasteiger partial charge is 0.0700 e. The predicted octanol–water partition coefficient (Wildman–Crippen LogP) is 3.79. The Balaban J connectivity index is 2.81. The van der Waals surface area contributed by atoms with Crippen LogP contribution in [0.2, 0.25) is 0 Å². The van der Waals surface area contributed by atoms with Crippen molar-refractivity contribution in [2.24, 2.45) is 0 Å². The second kappa shape index (κ2) is 13.9. The van der Waals surface area contributed by atoms with E-state index in [1.54, 1.807) is 0 Å². The molecule has 0 aromatic heterocycles. The Bertz CT molecular complexity index is 92.7. The third kappa shape index (κ3) is 13.9. The Morgan fingerprint density at radius 3 is 1.80 bits per heavy atom. The lowest BCUT2D eigenvalue weighted by atomic mass is 10.1. The van der Waals surface area contributed by atoms with E-state index in [2.05, 4.69) is 13.8 Å². The van der Waals surface area contributed by atoms with Gasteiger partial charge in [0.05, 0.1) is 13.2 Å². The quantitative estimate of drug-likeness (QED) is 0.462. The predicted molar refractivity (Wildman–Crippen MR) is 65.3 cm³/mol. The Kier molecular flexibility index (Phi) is 13.8. The highest BCUT2D eigenvalue weighted by Crippen LogP contribution is 2.04. The first kappa shape index (κ1) is 14.9. The van der Waals surface area contributed by atoms with Crippen molar-refractivity contribution in [1.29, 1.82) is 0 Å². The maximum absolute atomic E-state index is 5.46. The molecule has 0 amide bonds. The van der Waals surface area contributed by atoms with E-state index in [0.717, 1.165) is 32.8 Å². The molecule has 0 saturated carbocycles. The van der Waals surface area contributed by atoms with Crippen molar-refractivity contribution in [3.8, 4) is 0 Å². The molecule has 0 spiro atoms. The van der Waals surface area contributed by atoms with Gasteiger partial charge in [-0.3, -0.25) is 0 Å². The van der Waals surface area contributed by atoms with E-state index in [9.17, 15) is 0 Å². The van der Waals surface area contributed by atoms with Gasteiger partial charge in [-0.05, 0) is 12.8 Å². The molecule has 2 heteroatoms. The zero-order valence-corrected chi connectivity index (χ0v) is 10.6. The number of hydrogen-bond acceptors (Lipinski definition) is 2. The molecule has 0 aliphatic rings. The minimum absolute atomic E-state index is 0.754. The van der Waals surface area contributed by atoms with Crippen molar-refractivity contribution in [2.45, 2.75) is 58.8 Å². The van der Waals surface area contributed by atoms with Gasteiger partial charge in [0.2, 0.25) is 0 Å². The fraction of sp³-hybridized carbons (Fsp3) is 1.00. The third-order valence-corrected chi connectivity index (χ3v) is 2.36. The Morgan fingerprint density at radius 1 is 0.533 bits per heavy atom. The van der Waals surface area contributed by atoms with E-state index >= 15 is 0 Å². The largest absolute Gasteiger partial charge is 0.379 e. The first-order chi connectivity index (χ1) is 7.41. The van der Waals surface area contributed by atoms with Crippen molar-refractivity contribution in [1.82, 2.24) is 0 Å². The second-order valence-electron chi connectivity index (χ2n) is 3.99. The van der Waals surface area contributed by atoms with Crippen LogP contribution in [0.4, 0.5) is 0 Å². The van der Waals surface area contributed by atoms with Gasteiger partial charge in [0.15, 0.2) is 0 Å². The molecule has 0 fully saturated rings. The van der Waals surface area contributed by atoms with Crippen molar-refractivity contribution in [2.75, 3.05) is 26.4 Å². The molecule has 2 nitrogen and oxygen atoms in total. The maximum atomic E-state index is 5.46. The number of hydrogen-bond donors (Lipinski definition) is 0. The average molecular weight is 216 g/mol. The molecule has 0 saturated heterocycles. The Hall–Kier alpha value is -0.0800. The summed E-state index contributed by atoms with van der Waals surface area (Å²) in [6.07, 6.45) is 9.07. The van der Waals surface area contributed by atoms with Gasteiger partial charge in [0, 0.05) is 13.2 Å². The van der Waals surface area contributed by atoms with E-state index < -0.39 is 0 Å². The number of ether oxygens (including phenoxy) is 2. The lowest BCUT2D eigenvalue weighted by molar-refractivity contribution is 0.0465. The molecule has 0 aromatic carbocycles. The van der Waals surface area contributed by atoms with Crippen LogP contribution < -0.4 is 0 Å². The highest BCUT2D eigenvalue weighted by molar-refractivity contribution is 4.43. The summed E-state index contributed by atoms with van der Waals surface area (Å²) in [5, 5.41) is 0. The fourth-order valence-electron chi connectivity index (χ4n) is 1.45. The molecule has 0 aliphatic heterocycles. The van der Waals surface area contributed by atoms with Crippen molar-refractivity contribution in [3.05, 3.63) is 0 Å². The monoisotopic (exact) mass is 216 g/mol. The van der Waals surface area contributed by atoms with Crippen molar-refractivity contribution in [3.63, 3.8) is 0 Å². The van der Waals surface area contributed by atoms with Crippen LogP contribution >= 0.6 is 0 Å². The zero-order valence-electron chi connectivity index (χ0n) is 10.6. The van der Waals surface area contributed by atoms with Crippen LogP contribution in [-0.2, 0) is 9.47 Å². The van der Waals surface area contributed by atoms with Gasteiger partial charge in [0.1, 0.15) is 0 Å². The number of rotatable bonds is 12. The maximum Gasteiger partial charge on any atom is 0.0700 e. The van der Waals surface area contributed by atoms with Crippen molar-refractivity contribution < 1.29 is 9.47 Å². The Labute approximate surface area is 95.3 Å². The molecule has 15 heavy (non-hydrogen) atoms. The SMILES string of the molecule is CCCCCCCCOCCOCCC. The van der Waals surface area contributed by atoms with Crippen LogP contribution in [0, 0.1) is 0 Å². The zero-order chi connectivity index (χ0) is 11.2. The van der Waals surface area contributed by atoms with Crippen LogP contribution in [0.1, 0.15) is 58.8 Å². The first-order valence-corrected chi connectivity index (χ1v) is 6.57. The van der Waals surface area contributed by atoms with Gasteiger partial charge in [-0.2, -0.15) is 0 Å². The van der Waals surface area contributed by atoms with E-state index in [4.69, 9.17) is 9.47 Å². The molecule has 0 atom stereocenters. The second-order valence-corrected chi connectivity index (χ2v) is 3.99. The normalized spacial score (nSPS) is 10.8. The summed E-state index contributed by atoms with van der Waals surface area (Å²) in [5.41, 5.74) is 0. The molecule has 0 rings (SSSR count). The topological polar surface area (TPSA) is 18.5 Å². The van der Waals surface area contributed by atoms with Gasteiger partial charge in [-0.25, -0.2) is 0 Å². The van der Waals surface area contributed by atoms with Crippen molar-refractivity contribution >= 4 is 0 Å². The minimum Gasteiger partial charge on any atom is -0.379 e. The first-order valence-electron chi connectivity index (χ1n) is 6.57. The molecule has 0 bridgehead atoms. The summed E-state index contributed by atoms with van der Waals surface area (Å²) >= 11 is 0. The van der Waals surface area contributed by atoms with Gasteiger partial charge in [0.25, 0.3) is 0 Å². The van der Waals surface area contributed by atoms with E-state index in [1.165, 1.54) is 38.5 Å². The summed E-state index contributed by atoms with van der Waals surface area (Å²) < 4.78 is 10.8. The van der Waals surface area contributed by atoms with E-state index in [1.807, 2.05) is 0 Å². The van der Waals surface area contributed by atoms with E-state index in [-0.39, 0.29) is 0 Å². The third-order valence-electron chi connectivity index (χ3n) is 2.36. The standard InChI is InChI=1S/C13H28O2/c1-3-5-6-7-8-9-11-15-13-12-14-10-4-2/h3-13H2,1-2H3. The number of unbranched alkanes of at least 4 members (excludes halogenated alkanes) is 5. The molecular weight excluding hydrogens is 188 g/mol. The van der Waals surface area contributed by atoms with Crippen LogP contribution in [0.3, 0.4) is 0 Å². The molecule has 0 N–H and O–H groups in total. The highest BCUT2D eigenvalue weighted by Gasteiger charge is 1.91. The molecule has 0 heterocycles. The molecule has 0 aromatic rings. The Morgan fingerprint density at radius 2 is 1.13 bits per heavy atom. The van der Waals surface area contributed by atoms with E-state index in [0.29, 0.717) is 0 Å². The lowest BCUT2D eigenvalue weighted by Crippen LogP contribution is -2.05. The van der Waals surface area contributed by atoms with Gasteiger partial charge in [-0.15, -0.1) is 0 Å². The summed E-state index contributed by atoms with van der Waals surface area (Å²) in [6, 6.07) is 0. The summed E-state index contributed by atoms with van der Waals surface area (Å²) in [6.45, 7) is 7.65. The van der Waals surface area contributed by atoms with Gasteiger partial charge in [-0.1, -0.05) is 46.0 Å². The summed E-state index contributed by atoms with van der Waals surface area (Å²) in [4.78, 5) is 0. The van der Waals surface area contributed by atoms with Crippen LogP contribution in [0.15, 0.2) is 0 Å². The molecule has 0 radical (unpaired) electrons. The molecular formula is C13H28O2. The molecule has 0 unspecified atom stereocenters.